The van der Waals surface area contributed by atoms with E-state index >= 15 is 0 Å². The van der Waals surface area contributed by atoms with Crippen LogP contribution in [0.15, 0.2) is 46.9 Å². The average molecular weight is 320 g/mol. The van der Waals surface area contributed by atoms with Gasteiger partial charge in [-0.25, -0.2) is 0 Å². The van der Waals surface area contributed by atoms with E-state index in [4.69, 9.17) is 9.47 Å². The van der Waals surface area contributed by atoms with Gasteiger partial charge in [0.2, 0.25) is 6.79 Å². The largest absolute Gasteiger partial charge is 0.454 e. The van der Waals surface area contributed by atoms with Crippen LogP contribution in [-0.2, 0) is 0 Å². The Morgan fingerprint density at radius 2 is 1.95 bits per heavy atom. The quantitative estimate of drug-likeness (QED) is 0.922. The van der Waals surface area contributed by atoms with Crippen molar-refractivity contribution in [1.29, 1.82) is 0 Å². The Morgan fingerprint density at radius 1 is 1.11 bits per heavy atom. The molecule has 2 aromatic carbocycles. The lowest BCUT2D eigenvalue weighted by Crippen LogP contribution is -2.11. The molecule has 1 N–H and O–H groups in total. The number of hydrogen-bond donors (Lipinski definition) is 1. The van der Waals surface area contributed by atoms with E-state index < -0.39 is 0 Å². The molecular formula is C14H10BrNO3. The Bertz CT molecular complexity index is 642. The van der Waals surface area contributed by atoms with Crippen molar-refractivity contribution in [2.24, 2.45) is 0 Å². The van der Waals surface area contributed by atoms with Gasteiger partial charge in [0.15, 0.2) is 11.5 Å². The molecule has 0 unspecified atom stereocenters. The van der Waals surface area contributed by atoms with Crippen molar-refractivity contribution >= 4 is 27.5 Å². The first-order valence-corrected chi connectivity index (χ1v) is 6.48. The molecular weight excluding hydrogens is 310 g/mol. The zero-order valence-corrected chi connectivity index (χ0v) is 11.4. The SMILES string of the molecule is O=C(Nc1cccc(Br)c1)c1ccc2c(c1)OCO2. The predicted molar refractivity (Wildman–Crippen MR) is 74.7 cm³/mol. The molecule has 1 amide bonds. The standard InChI is InChI=1S/C14H10BrNO3/c15-10-2-1-3-11(7-10)16-14(17)9-4-5-12-13(6-9)19-8-18-12/h1-7H,8H2,(H,16,17). The van der Waals surface area contributed by atoms with Crippen molar-refractivity contribution in [2.75, 3.05) is 12.1 Å². The number of hydrogen-bond acceptors (Lipinski definition) is 3. The lowest BCUT2D eigenvalue weighted by atomic mass is 10.2. The van der Waals surface area contributed by atoms with E-state index in [1.165, 1.54) is 0 Å². The van der Waals surface area contributed by atoms with Gasteiger partial charge in [-0.1, -0.05) is 22.0 Å². The third kappa shape index (κ3) is 2.56. The fourth-order valence-electron chi connectivity index (χ4n) is 1.81. The summed E-state index contributed by atoms with van der Waals surface area (Å²) < 4.78 is 11.4. The van der Waals surface area contributed by atoms with Crippen LogP contribution in [0.1, 0.15) is 10.4 Å². The van der Waals surface area contributed by atoms with Gasteiger partial charge in [0, 0.05) is 15.7 Å². The molecule has 3 rings (SSSR count). The number of ether oxygens (including phenoxy) is 2. The lowest BCUT2D eigenvalue weighted by molar-refractivity contribution is 0.102. The molecule has 1 heterocycles. The van der Waals surface area contributed by atoms with Gasteiger partial charge in [-0.05, 0) is 36.4 Å². The summed E-state index contributed by atoms with van der Waals surface area (Å²) in [5.74, 6) is 1.08. The topological polar surface area (TPSA) is 47.6 Å². The molecule has 2 aromatic rings. The first-order chi connectivity index (χ1) is 9.22. The van der Waals surface area contributed by atoms with Crippen molar-refractivity contribution in [3.8, 4) is 11.5 Å². The molecule has 0 saturated heterocycles. The van der Waals surface area contributed by atoms with Gasteiger partial charge in [0.05, 0.1) is 0 Å². The van der Waals surface area contributed by atoms with Gasteiger partial charge < -0.3 is 14.8 Å². The van der Waals surface area contributed by atoms with Crippen LogP contribution in [0, 0.1) is 0 Å². The highest BCUT2D eigenvalue weighted by molar-refractivity contribution is 9.10. The zero-order chi connectivity index (χ0) is 13.2. The molecule has 0 fully saturated rings. The second-order valence-electron chi connectivity index (χ2n) is 4.03. The molecule has 0 saturated carbocycles. The molecule has 5 heteroatoms. The summed E-state index contributed by atoms with van der Waals surface area (Å²) in [5.41, 5.74) is 1.27. The normalized spacial score (nSPS) is 12.3. The van der Waals surface area contributed by atoms with E-state index in [-0.39, 0.29) is 12.7 Å². The molecule has 0 atom stereocenters. The van der Waals surface area contributed by atoms with Crippen molar-refractivity contribution in [2.45, 2.75) is 0 Å². The van der Waals surface area contributed by atoms with Crippen LogP contribution >= 0.6 is 15.9 Å². The smallest absolute Gasteiger partial charge is 0.255 e. The summed E-state index contributed by atoms with van der Waals surface area (Å²) in [6, 6.07) is 12.5. The fraction of sp³-hybridized carbons (Fsp3) is 0.0714. The van der Waals surface area contributed by atoms with Crippen LogP contribution in [0.3, 0.4) is 0 Å². The second-order valence-corrected chi connectivity index (χ2v) is 4.95. The number of fused-ring (bicyclic) bond motifs is 1. The van der Waals surface area contributed by atoms with Crippen molar-refractivity contribution in [1.82, 2.24) is 0 Å². The van der Waals surface area contributed by atoms with Crippen LogP contribution in [0.25, 0.3) is 0 Å². The van der Waals surface area contributed by atoms with Gasteiger partial charge in [-0.2, -0.15) is 0 Å². The molecule has 96 valence electrons. The number of benzene rings is 2. The van der Waals surface area contributed by atoms with E-state index in [1.54, 1.807) is 18.2 Å². The van der Waals surface area contributed by atoms with Gasteiger partial charge in [0.25, 0.3) is 5.91 Å². The van der Waals surface area contributed by atoms with Gasteiger partial charge >= 0.3 is 0 Å². The summed E-state index contributed by atoms with van der Waals surface area (Å²) >= 11 is 3.36. The van der Waals surface area contributed by atoms with Gasteiger partial charge in [0.1, 0.15) is 0 Å². The maximum Gasteiger partial charge on any atom is 0.255 e. The fourth-order valence-corrected chi connectivity index (χ4v) is 2.21. The molecule has 0 radical (unpaired) electrons. The Labute approximate surface area is 118 Å². The lowest BCUT2D eigenvalue weighted by Gasteiger charge is -2.06. The van der Waals surface area contributed by atoms with Crippen LogP contribution in [0.4, 0.5) is 5.69 Å². The summed E-state index contributed by atoms with van der Waals surface area (Å²) in [4.78, 5) is 12.1. The number of carbonyl (C=O) groups excluding carboxylic acids is 1. The Hall–Kier alpha value is -2.01. The minimum Gasteiger partial charge on any atom is -0.454 e. The Balaban J connectivity index is 1.81. The Kier molecular flexibility index (Phi) is 3.13. The third-order valence-corrected chi connectivity index (χ3v) is 3.21. The number of amides is 1. The van der Waals surface area contributed by atoms with Crippen molar-refractivity contribution < 1.29 is 14.3 Å². The number of halogens is 1. The number of carbonyl (C=O) groups is 1. The highest BCUT2D eigenvalue weighted by Gasteiger charge is 2.16. The first kappa shape index (κ1) is 12.0. The van der Waals surface area contributed by atoms with E-state index in [9.17, 15) is 4.79 Å². The monoisotopic (exact) mass is 319 g/mol. The summed E-state index contributed by atoms with van der Waals surface area (Å²) in [6.07, 6.45) is 0. The van der Waals surface area contributed by atoms with E-state index in [0.29, 0.717) is 17.1 Å². The zero-order valence-electron chi connectivity index (χ0n) is 9.85. The average Bonchev–Trinajstić information content (AvgIpc) is 2.85. The number of nitrogens with one attached hydrogen (secondary N) is 1. The van der Waals surface area contributed by atoms with Crippen LogP contribution in [-0.4, -0.2) is 12.7 Å². The third-order valence-electron chi connectivity index (χ3n) is 2.72. The van der Waals surface area contributed by atoms with Gasteiger partial charge in [-0.3, -0.25) is 4.79 Å². The molecule has 1 aliphatic heterocycles. The first-order valence-electron chi connectivity index (χ1n) is 5.69. The highest BCUT2D eigenvalue weighted by atomic mass is 79.9. The van der Waals surface area contributed by atoms with Crippen LogP contribution in [0.2, 0.25) is 0 Å². The summed E-state index contributed by atoms with van der Waals surface area (Å²) in [7, 11) is 0. The number of anilines is 1. The minimum absolute atomic E-state index is 0.184. The molecule has 0 aliphatic carbocycles. The molecule has 4 nitrogen and oxygen atoms in total. The summed E-state index contributed by atoms with van der Waals surface area (Å²) in [6.45, 7) is 0.200. The summed E-state index contributed by atoms with van der Waals surface area (Å²) in [5, 5.41) is 2.82. The van der Waals surface area contributed by atoms with E-state index in [2.05, 4.69) is 21.2 Å². The van der Waals surface area contributed by atoms with Crippen molar-refractivity contribution in [3.63, 3.8) is 0 Å². The van der Waals surface area contributed by atoms with E-state index in [1.807, 2.05) is 24.3 Å². The van der Waals surface area contributed by atoms with E-state index in [0.717, 1.165) is 10.2 Å². The highest BCUT2D eigenvalue weighted by Crippen LogP contribution is 2.32. The van der Waals surface area contributed by atoms with Crippen LogP contribution in [0.5, 0.6) is 11.5 Å². The molecule has 0 spiro atoms. The maximum absolute atomic E-state index is 12.1. The second kappa shape index (κ2) is 4.93. The van der Waals surface area contributed by atoms with Gasteiger partial charge in [-0.15, -0.1) is 0 Å². The van der Waals surface area contributed by atoms with Crippen molar-refractivity contribution in [3.05, 3.63) is 52.5 Å². The Morgan fingerprint density at radius 3 is 2.79 bits per heavy atom. The molecule has 19 heavy (non-hydrogen) atoms. The molecule has 1 aliphatic rings. The minimum atomic E-state index is -0.184. The molecule has 0 bridgehead atoms. The van der Waals surface area contributed by atoms with Crippen LogP contribution < -0.4 is 14.8 Å². The predicted octanol–water partition coefficient (Wildman–Crippen LogP) is 3.43. The maximum atomic E-state index is 12.1. The number of rotatable bonds is 2. The molecule has 0 aromatic heterocycles.